The Bertz CT molecular complexity index is 459. The molecule has 0 atom stereocenters. The molecule has 0 radical (unpaired) electrons. The number of nitriles is 1. The van der Waals surface area contributed by atoms with Crippen molar-refractivity contribution in [1.82, 2.24) is 9.88 Å². The van der Waals surface area contributed by atoms with Crippen LogP contribution in [0.3, 0.4) is 0 Å². The van der Waals surface area contributed by atoms with Crippen molar-refractivity contribution in [2.45, 2.75) is 13.3 Å². The lowest BCUT2D eigenvalue weighted by molar-refractivity contribution is 0.0767. The quantitative estimate of drug-likeness (QED) is 0.811. The lowest BCUT2D eigenvalue weighted by Crippen LogP contribution is -2.32. The Morgan fingerprint density at radius 3 is 2.94 bits per heavy atom. The summed E-state index contributed by atoms with van der Waals surface area (Å²) in [6.45, 7) is 2.74. The number of nitrogens with zero attached hydrogens (tertiary/aromatic N) is 2. The molecule has 1 N–H and O–H groups in total. The number of hydrogen-bond donors (Lipinski definition) is 1. The number of aromatic amines is 1. The summed E-state index contributed by atoms with van der Waals surface area (Å²) in [6.07, 6.45) is 1.73. The van der Waals surface area contributed by atoms with Gasteiger partial charge in [0.1, 0.15) is 0 Å². The average Bonchev–Trinajstić information content (AvgIpc) is 2.29. The van der Waals surface area contributed by atoms with E-state index < -0.39 is 0 Å². The predicted molar refractivity (Wildman–Crippen MR) is 58.9 cm³/mol. The second-order valence-corrected chi connectivity index (χ2v) is 3.23. The van der Waals surface area contributed by atoms with Crippen LogP contribution in [0, 0.1) is 11.3 Å². The number of amides is 1. The van der Waals surface area contributed by atoms with Gasteiger partial charge in [-0.2, -0.15) is 5.26 Å². The van der Waals surface area contributed by atoms with Gasteiger partial charge in [0.2, 0.25) is 5.56 Å². The van der Waals surface area contributed by atoms with Crippen molar-refractivity contribution in [3.8, 4) is 6.07 Å². The van der Waals surface area contributed by atoms with E-state index in [1.165, 1.54) is 17.2 Å². The van der Waals surface area contributed by atoms with E-state index in [2.05, 4.69) is 4.98 Å². The maximum Gasteiger partial charge on any atom is 0.254 e. The standard InChI is InChI=1S/C11H13N3O2/c1-2-14(7-3-5-12)11(16)9-4-6-13-10(15)8-9/h4,6,8H,2-3,7H2,1H3,(H,13,15). The average molecular weight is 219 g/mol. The molecule has 0 unspecified atom stereocenters. The van der Waals surface area contributed by atoms with Crippen LogP contribution in [-0.2, 0) is 0 Å². The van der Waals surface area contributed by atoms with Gasteiger partial charge in [-0.25, -0.2) is 0 Å². The van der Waals surface area contributed by atoms with Gasteiger partial charge in [-0.1, -0.05) is 0 Å². The number of hydrogen-bond acceptors (Lipinski definition) is 3. The van der Waals surface area contributed by atoms with Crippen molar-refractivity contribution in [1.29, 1.82) is 5.26 Å². The summed E-state index contributed by atoms with van der Waals surface area (Å²) >= 11 is 0. The van der Waals surface area contributed by atoms with E-state index in [4.69, 9.17) is 5.26 Å². The van der Waals surface area contributed by atoms with Crippen molar-refractivity contribution in [2.24, 2.45) is 0 Å². The zero-order valence-electron chi connectivity index (χ0n) is 9.06. The van der Waals surface area contributed by atoms with E-state index in [1.54, 1.807) is 6.07 Å². The fourth-order valence-corrected chi connectivity index (χ4v) is 1.35. The van der Waals surface area contributed by atoms with Crippen LogP contribution >= 0.6 is 0 Å². The van der Waals surface area contributed by atoms with E-state index in [9.17, 15) is 9.59 Å². The van der Waals surface area contributed by atoms with E-state index in [0.717, 1.165) is 0 Å². The number of aromatic nitrogens is 1. The molecule has 1 aromatic heterocycles. The van der Waals surface area contributed by atoms with Gasteiger partial charge in [-0.15, -0.1) is 0 Å². The van der Waals surface area contributed by atoms with Gasteiger partial charge in [0.15, 0.2) is 0 Å². The number of H-pyrrole nitrogens is 1. The SMILES string of the molecule is CCN(CCC#N)C(=O)c1cc[nH]c(=O)c1. The van der Waals surface area contributed by atoms with E-state index in [-0.39, 0.29) is 11.5 Å². The third-order valence-electron chi connectivity index (χ3n) is 2.18. The summed E-state index contributed by atoms with van der Waals surface area (Å²) in [6, 6.07) is 4.80. The molecule has 1 heterocycles. The van der Waals surface area contributed by atoms with Crippen LogP contribution in [0.5, 0.6) is 0 Å². The van der Waals surface area contributed by atoms with Gasteiger partial charge in [0, 0.05) is 30.9 Å². The summed E-state index contributed by atoms with van der Waals surface area (Å²) in [5.41, 5.74) is 0.0470. The van der Waals surface area contributed by atoms with Crippen molar-refractivity contribution in [3.05, 3.63) is 34.2 Å². The maximum atomic E-state index is 11.9. The summed E-state index contributed by atoms with van der Waals surface area (Å²) in [7, 11) is 0. The minimum Gasteiger partial charge on any atom is -0.338 e. The molecule has 84 valence electrons. The zero-order valence-corrected chi connectivity index (χ0v) is 9.06. The number of nitrogens with one attached hydrogen (secondary N) is 1. The smallest absolute Gasteiger partial charge is 0.254 e. The van der Waals surface area contributed by atoms with Gasteiger partial charge in [0.25, 0.3) is 5.91 Å². The predicted octanol–water partition coefficient (Wildman–Crippen LogP) is 0.751. The number of pyridine rings is 1. The Kier molecular flexibility index (Phi) is 4.28. The van der Waals surface area contributed by atoms with Gasteiger partial charge >= 0.3 is 0 Å². The normalized spacial score (nSPS) is 9.50. The molecule has 0 fully saturated rings. The molecule has 1 rings (SSSR count). The molecule has 0 aliphatic heterocycles. The van der Waals surface area contributed by atoms with Crippen LogP contribution in [-0.4, -0.2) is 28.9 Å². The monoisotopic (exact) mass is 219 g/mol. The van der Waals surface area contributed by atoms with Crippen molar-refractivity contribution >= 4 is 5.91 Å². The van der Waals surface area contributed by atoms with Crippen LogP contribution in [0.4, 0.5) is 0 Å². The molecule has 5 nitrogen and oxygen atoms in total. The molecular formula is C11H13N3O2. The second kappa shape index (κ2) is 5.71. The Morgan fingerprint density at radius 2 is 2.38 bits per heavy atom. The summed E-state index contributed by atoms with van der Waals surface area (Å²) in [5, 5.41) is 8.46. The first-order valence-electron chi connectivity index (χ1n) is 5.04. The van der Waals surface area contributed by atoms with Gasteiger partial charge < -0.3 is 9.88 Å². The largest absolute Gasteiger partial charge is 0.338 e. The highest BCUT2D eigenvalue weighted by Gasteiger charge is 2.13. The molecule has 0 aliphatic carbocycles. The van der Waals surface area contributed by atoms with Crippen LogP contribution < -0.4 is 5.56 Å². The number of carbonyl (C=O) groups excluding carboxylic acids is 1. The minimum absolute atomic E-state index is 0.219. The highest BCUT2D eigenvalue weighted by atomic mass is 16.2. The fourth-order valence-electron chi connectivity index (χ4n) is 1.35. The molecule has 5 heteroatoms. The van der Waals surface area contributed by atoms with Crippen LogP contribution in [0.15, 0.2) is 23.1 Å². The fraction of sp³-hybridized carbons (Fsp3) is 0.364. The van der Waals surface area contributed by atoms with Gasteiger partial charge in [-0.3, -0.25) is 9.59 Å². The van der Waals surface area contributed by atoms with Crippen LogP contribution in [0.25, 0.3) is 0 Å². The summed E-state index contributed by atoms with van der Waals surface area (Å²) in [4.78, 5) is 26.9. The van der Waals surface area contributed by atoms with Crippen molar-refractivity contribution in [3.63, 3.8) is 0 Å². The molecule has 0 saturated carbocycles. The first kappa shape index (κ1) is 12.0. The number of carbonyl (C=O) groups is 1. The molecule has 0 saturated heterocycles. The van der Waals surface area contributed by atoms with E-state index in [1.807, 2.05) is 13.0 Å². The second-order valence-electron chi connectivity index (χ2n) is 3.23. The van der Waals surface area contributed by atoms with Crippen LogP contribution in [0.1, 0.15) is 23.7 Å². The Labute approximate surface area is 93.3 Å². The van der Waals surface area contributed by atoms with Gasteiger partial charge in [-0.05, 0) is 13.0 Å². The maximum absolute atomic E-state index is 11.9. The molecule has 0 bridgehead atoms. The molecular weight excluding hydrogens is 206 g/mol. The number of rotatable bonds is 4. The van der Waals surface area contributed by atoms with E-state index >= 15 is 0 Å². The zero-order chi connectivity index (χ0) is 12.0. The Balaban J connectivity index is 2.83. The first-order valence-corrected chi connectivity index (χ1v) is 5.04. The lowest BCUT2D eigenvalue weighted by Gasteiger charge is -2.19. The Hall–Kier alpha value is -2.09. The minimum atomic E-state index is -0.304. The lowest BCUT2D eigenvalue weighted by atomic mass is 10.2. The summed E-state index contributed by atoms with van der Waals surface area (Å²) < 4.78 is 0. The van der Waals surface area contributed by atoms with E-state index in [0.29, 0.717) is 25.1 Å². The first-order chi connectivity index (χ1) is 7.69. The summed E-state index contributed by atoms with van der Waals surface area (Å²) in [5.74, 6) is -0.219. The molecule has 0 aromatic carbocycles. The highest BCUT2D eigenvalue weighted by Crippen LogP contribution is 2.02. The van der Waals surface area contributed by atoms with Gasteiger partial charge in [0.05, 0.1) is 12.5 Å². The molecule has 1 amide bonds. The van der Waals surface area contributed by atoms with Crippen LogP contribution in [0.2, 0.25) is 0 Å². The molecule has 1 aromatic rings. The third kappa shape index (κ3) is 2.95. The molecule has 16 heavy (non-hydrogen) atoms. The molecule has 0 spiro atoms. The third-order valence-corrected chi connectivity index (χ3v) is 2.18. The van der Waals surface area contributed by atoms with Crippen molar-refractivity contribution in [2.75, 3.05) is 13.1 Å². The Morgan fingerprint density at radius 1 is 1.62 bits per heavy atom. The van der Waals surface area contributed by atoms with Crippen molar-refractivity contribution < 1.29 is 4.79 Å². The highest BCUT2D eigenvalue weighted by molar-refractivity contribution is 5.94. The topological polar surface area (TPSA) is 77.0 Å². The molecule has 0 aliphatic rings.